The molecule has 0 radical (unpaired) electrons. The molecule has 0 fully saturated rings. The largest absolute Gasteiger partial charge is 0.294 e. The van der Waals surface area contributed by atoms with Gasteiger partial charge >= 0.3 is 0 Å². The maximum Gasteiger partial charge on any atom is 0.163 e. The second-order valence-corrected chi connectivity index (χ2v) is 5.40. The van der Waals surface area contributed by atoms with Crippen molar-refractivity contribution in [2.75, 3.05) is 0 Å². The van der Waals surface area contributed by atoms with Crippen LogP contribution in [-0.2, 0) is 4.79 Å². The topological polar surface area (TPSA) is 17.1 Å². The Morgan fingerprint density at radius 3 is 3.06 bits per heavy atom. The van der Waals surface area contributed by atoms with Gasteiger partial charge in [0.25, 0.3) is 0 Å². The fourth-order valence-electron chi connectivity index (χ4n) is 3.64. The van der Waals surface area contributed by atoms with Crippen LogP contribution in [0.2, 0.25) is 0 Å². The van der Waals surface area contributed by atoms with E-state index in [-0.39, 0.29) is 11.3 Å². The van der Waals surface area contributed by atoms with Crippen LogP contribution in [0.1, 0.15) is 26.2 Å². The smallest absolute Gasteiger partial charge is 0.163 e. The van der Waals surface area contributed by atoms with Crippen molar-refractivity contribution >= 4 is 5.78 Å². The average Bonchev–Trinajstić information content (AvgIpc) is 2.59. The zero-order valence-corrected chi connectivity index (χ0v) is 10.3. The predicted octanol–water partition coefficient (Wildman–Crippen LogP) is 3.60. The van der Waals surface area contributed by atoms with Gasteiger partial charge in [0.2, 0.25) is 0 Å². The zero-order chi connectivity index (χ0) is 12.0. The van der Waals surface area contributed by atoms with Gasteiger partial charge in [-0.1, -0.05) is 30.4 Å². The first-order chi connectivity index (χ1) is 8.19. The summed E-state index contributed by atoms with van der Waals surface area (Å²) in [5.41, 5.74) is 2.28. The fraction of sp³-hybridized carbons (Fsp3) is 0.438. The minimum atomic E-state index is -0.0705. The number of carbonyl (C=O) groups is 1. The van der Waals surface area contributed by atoms with Crippen LogP contribution in [0.25, 0.3) is 0 Å². The number of rotatable bonds is 1. The first-order valence-electron chi connectivity index (χ1n) is 6.43. The third-order valence-electron chi connectivity index (χ3n) is 4.62. The van der Waals surface area contributed by atoms with Gasteiger partial charge in [-0.15, -0.1) is 6.58 Å². The van der Waals surface area contributed by atoms with Crippen LogP contribution in [0.5, 0.6) is 0 Å². The van der Waals surface area contributed by atoms with E-state index in [1.807, 2.05) is 13.0 Å². The molecule has 1 heteroatoms. The second kappa shape index (κ2) is 3.56. The Morgan fingerprint density at radius 1 is 1.47 bits per heavy atom. The molecule has 3 aliphatic carbocycles. The first-order valence-corrected chi connectivity index (χ1v) is 6.43. The molecule has 0 N–H and O–H groups in total. The Labute approximate surface area is 103 Å². The molecule has 3 unspecified atom stereocenters. The summed E-state index contributed by atoms with van der Waals surface area (Å²) in [4.78, 5) is 12.3. The molecule has 0 heterocycles. The summed E-state index contributed by atoms with van der Waals surface area (Å²) in [6.07, 6.45) is 14.0. The van der Waals surface area contributed by atoms with Crippen molar-refractivity contribution in [1.29, 1.82) is 0 Å². The number of Topliss-reactive ketones (excluding diaryl/α,β-unsaturated/α-hetero) is 1. The van der Waals surface area contributed by atoms with Crippen LogP contribution in [0.3, 0.4) is 0 Å². The molecule has 0 aromatic heterocycles. The lowest BCUT2D eigenvalue weighted by Gasteiger charge is -2.38. The number of ketones is 1. The third kappa shape index (κ3) is 1.28. The Kier molecular flexibility index (Phi) is 2.25. The minimum Gasteiger partial charge on any atom is -0.294 e. The molecule has 88 valence electrons. The van der Waals surface area contributed by atoms with Crippen LogP contribution in [0.15, 0.2) is 48.1 Å². The summed E-state index contributed by atoms with van der Waals surface area (Å²) in [7, 11) is 0. The molecule has 1 nitrogen and oxygen atoms in total. The summed E-state index contributed by atoms with van der Waals surface area (Å²) >= 11 is 0. The molecule has 0 aliphatic heterocycles. The Bertz CT molecular complexity index is 478. The van der Waals surface area contributed by atoms with Crippen molar-refractivity contribution in [2.24, 2.45) is 17.3 Å². The van der Waals surface area contributed by atoms with E-state index in [9.17, 15) is 4.79 Å². The molecule has 3 atom stereocenters. The Balaban J connectivity index is 2.17. The molecule has 0 aromatic carbocycles. The Hall–Kier alpha value is -1.37. The first kappa shape index (κ1) is 10.8. The molecule has 0 aromatic rings. The fourth-order valence-corrected chi connectivity index (χ4v) is 3.64. The number of allylic oxidation sites excluding steroid dienone is 7. The van der Waals surface area contributed by atoms with Crippen molar-refractivity contribution < 1.29 is 4.79 Å². The van der Waals surface area contributed by atoms with Crippen LogP contribution >= 0.6 is 0 Å². The van der Waals surface area contributed by atoms with Crippen molar-refractivity contribution in [2.45, 2.75) is 26.2 Å². The van der Waals surface area contributed by atoms with Crippen molar-refractivity contribution in [3.63, 3.8) is 0 Å². The Morgan fingerprint density at radius 2 is 2.29 bits per heavy atom. The van der Waals surface area contributed by atoms with Crippen LogP contribution in [0, 0.1) is 17.3 Å². The van der Waals surface area contributed by atoms with E-state index in [2.05, 4.69) is 30.9 Å². The van der Waals surface area contributed by atoms with Gasteiger partial charge in [-0.05, 0) is 43.3 Å². The monoisotopic (exact) mass is 226 g/mol. The van der Waals surface area contributed by atoms with Gasteiger partial charge in [0.15, 0.2) is 5.78 Å². The maximum atomic E-state index is 12.3. The lowest BCUT2D eigenvalue weighted by molar-refractivity contribution is -0.119. The number of hydrogen-bond donors (Lipinski definition) is 0. The highest BCUT2D eigenvalue weighted by Gasteiger charge is 2.50. The van der Waals surface area contributed by atoms with E-state index in [0.29, 0.717) is 11.7 Å². The van der Waals surface area contributed by atoms with Gasteiger partial charge < -0.3 is 0 Å². The van der Waals surface area contributed by atoms with Gasteiger partial charge in [-0.25, -0.2) is 0 Å². The number of hydrogen-bond acceptors (Lipinski definition) is 1. The molecule has 0 saturated heterocycles. The van der Waals surface area contributed by atoms with Crippen molar-refractivity contribution in [1.82, 2.24) is 0 Å². The van der Waals surface area contributed by atoms with E-state index in [4.69, 9.17) is 0 Å². The van der Waals surface area contributed by atoms with Gasteiger partial charge in [0.05, 0.1) is 0 Å². The van der Waals surface area contributed by atoms with E-state index in [1.165, 1.54) is 5.57 Å². The van der Waals surface area contributed by atoms with Crippen molar-refractivity contribution in [3.8, 4) is 0 Å². The predicted molar refractivity (Wildman–Crippen MR) is 69.4 cm³/mol. The lowest BCUT2D eigenvalue weighted by atomic mass is 9.64. The van der Waals surface area contributed by atoms with Crippen LogP contribution < -0.4 is 0 Å². The highest BCUT2D eigenvalue weighted by molar-refractivity contribution is 6.02. The zero-order valence-electron chi connectivity index (χ0n) is 10.3. The van der Waals surface area contributed by atoms with Gasteiger partial charge in [0, 0.05) is 11.3 Å². The van der Waals surface area contributed by atoms with E-state index < -0.39 is 0 Å². The maximum absolute atomic E-state index is 12.3. The summed E-state index contributed by atoms with van der Waals surface area (Å²) in [6.45, 7) is 5.87. The molecule has 17 heavy (non-hydrogen) atoms. The molecular weight excluding hydrogens is 208 g/mol. The molecule has 3 rings (SSSR count). The van der Waals surface area contributed by atoms with Gasteiger partial charge in [-0.3, -0.25) is 4.79 Å². The quantitative estimate of drug-likeness (QED) is 0.624. The lowest BCUT2D eigenvalue weighted by Crippen LogP contribution is -2.32. The van der Waals surface area contributed by atoms with E-state index >= 15 is 0 Å². The minimum absolute atomic E-state index is 0.0705. The molecule has 0 bridgehead atoms. The summed E-state index contributed by atoms with van der Waals surface area (Å²) in [5.74, 6) is 0.940. The summed E-state index contributed by atoms with van der Waals surface area (Å²) < 4.78 is 0. The van der Waals surface area contributed by atoms with Crippen LogP contribution in [0.4, 0.5) is 0 Å². The molecule has 0 amide bonds. The molecule has 3 aliphatic rings. The summed E-state index contributed by atoms with van der Waals surface area (Å²) in [6, 6.07) is 0. The van der Waals surface area contributed by atoms with E-state index in [0.717, 1.165) is 24.8 Å². The molecular formula is C16H18O. The molecule has 0 saturated carbocycles. The highest BCUT2D eigenvalue weighted by atomic mass is 16.1. The SMILES string of the molecule is C=CC1C=CC23C=CCCC2C(=O)C(C)=C3C1. The highest BCUT2D eigenvalue weighted by Crippen LogP contribution is 2.55. The second-order valence-electron chi connectivity index (χ2n) is 5.40. The number of carbonyl (C=O) groups excluding carboxylic acids is 1. The standard InChI is InChI=1S/C16H18O/c1-3-12-7-9-16-8-5-4-6-13(16)15(17)11(2)14(16)10-12/h3,5,7-9,12-13H,1,4,6,10H2,2H3. The molecule has 1 spiro atoms. The van der Waals surface area contributed by atoms with E-state index in [1.54, 1.807) is 0 Å². The van der Waals surface area contributed by atoms with Gasteiger partial charge in [0.1, 0.15) is 0 Å². The summed E-state index contributed by atoms with van der Waals surface area (Å²) in [5, 5.41) is 0. The normalized spacial score (nSPS) is 39.2. The van der Waals surface area contributed by atoms with Crippen molar-refractivity contribution in [3.05, 3.63) is 48.1 Å². The van der Waals surface area contributed by atoms with Gasteiger partial charge in [-0.2, -0.15) is 0 Å². The van der Waals surface area contributed by atoms with Crippen LogP contribution in [-0.4, -0.2) is 5.78 Å². The third-order valence-corrected chi connectivity index (χ3v) is 4.62. The average molecular weight is 226 g/mol.